The minimum absolute atomic E-state index is 0.299. The van der Waals surface area contributed by atoms with Crippen LogP contribution in [0.2, 0.25) is 10.0 Å². The predicted octanol–water partition coefficient (Wildman–Crippen LogP) is 6.14. The van der Waals surface area contributed by atoms with Crippen LogP contribution >= 0.6 is 23.2 Å². The van der Waals surface area contributed by atoms with E-state index in [1.807, 2.05) is 31.2 Å². The lowest BCUT2D eigenvalue weighted by atomic mass is 10.1. The van der Waals surface area contributed by atoms with Crippen molar-refractivity contribution in [2.24, 2.45) is 0 Å². The Labute approximate surface area is 174 Å². The van der Waals surface area contributed by atoms with Gasteiger partial charge in [-0.25, -0.2) is 0 Å². The Kier molecular flexibility index (Phi) is 6.45. The zero-order chi connectivity index (χ0) is 20.1. The first-order valence-corrected chi connectivity index (χ1v) is 9.34. The molecule has 3 rings (SSSR count). The molecule has 0 aromatic heterocycles. The zero-order valence-electron chi connectivity index (χ0n) is 15.5. The number of carbonyl (C=O) groups is 1. The van der Waals surface area contributed by atoms with E-state index in [-0.39, 0.29) is 5.91 Å². The second-order valence-electron chi connectivity index (χ2n) is 6.22. The summed E-state index contributed by atoms with van der Waals surface area (Å²) in [5.74, 6) is 0.473. The number of anilines is 1. The second-order valence-corrected chi connectivity index (χ2v) is 7.07. The van der Waals surface area contributed by atoms with E-state index in [0.29, 0.717) is 39.4 Å². The third-order valence-corrected chi connectivity index (χ3v) is 4.63. The molecule has 0 spiro atoms. The van der Waals surface area contributed by atoms with Crippen LogP contribution in [0, 0.1) is 6.92 Å². The Morgan fingerprint density at radius 2 is 1.68 bits per heavy atom. The summed E-state index contributed by atoms with van der Waals surface area (Å²) in [6.45, 7) is 2.37. The molecule has 0 aliphatic carbocycles. The Hall–Kier alpha value is -2.69. The number of hydrogen-bond acceptors (Lipinski definition) is 3. The minimum Gasteiger partial charge on any atom is -0.493 e. The van der Waals surface area contributed by atoms with Crippen molar-refractivity contribution in [3.63, 3.8) is 0 Å². The SMILES string of the molecule is COc1cc(C(=O)Nc2ccc(Cl)cc2)cc(Cl)c1OCc1ccc(C)cc1. The maximum atomic E-state index is 12.5. The van der Waals surface area contributed by atoms with E-state index in [1.54, 1.807) is 36.4 Å². The van der Waals surface area contributed by atoms with E-state index in [9.17, 15) is 4.79 Å². The summed E-state index contributed by atoms with van der Waals surface area (Å²) in [5, 5.41) is 3.69. The van der Waals surface area contributed by atoms with Gasteiger partial charge in [-0.2, -0.15) is 0 Å². The maximum Gasteiger partial charge on any atom is 0.255 e. The zero-order valence-corrected chi connectivity index (χ0v) is 17.0. The van der Waals surface area contributed by atoms with Crippen LogP contribution in [0.5, 0.6) is 11.5 Å². The Balaban J connectivity index is 1.77. The number of rotatable bonds is 6. The molecule has 28 heavy (non-hydrogen) atoms. The van der Waals surface area contributed by atoms with Crippen LogP contribution in [0.3, 0.4) is 0 Å². The van der Waals surface area contributed by atoms with Gasteiger partial charge in [0.15, 0.2) is 11.5 Å². The number of nitrogens with one attached hydrogen (secondary N) is 1. The molecule has 144 valence electrons. The first-order chi connectivity index (χ1) is 13.5. The smallest absolute Gasteiger partial charge is 0.255 e. The number of carbonyl (C=O) groups excluding carboxylic acids is 1. The molecule has 0 atom stereocenters. The topological polar surface area (TPSA) is 47.6 Å². The monoisotopic (exact) mass is 415 g/mol. The molecule has 0 unspecified atom stereocenters. The van der Waals surface area contributed by atoms with E-state index in [1.165, 1.54) is 12.7 Å². The number of benzene rings is 3. The fraction of sp³-hybridized carbons (Fsp3) is 0.136. The van der Waals surface area contributed by atoms with E-state index in [2.05, 4.69) is 5.32 Å². The van der Waals surface area contributed by atoms with Crippen molar-refractivity contribution in [3.8, 4) is 11.5 Å². The van der Waals surface area contributed by atoms with Crippen molar-refractivity contribution in [3.05, 3.63) is 87.4 Å². The molecule has 0 aliphatic heterocycles. The third-order valence-electron chi connectivity index (χ3n) is 4.10. The van der Waals surface area contributed by atoms with Gasteiger partial charge in [0.1, 0.15) is 6.61 Å². The highest BCUT2D eigenvalue weighted by atomic mass is 35.5. The van der Waals surface area contributed by atoms with Crippen molar-refractivity contribution < 1.29 is 14.3 Å². The van der Waals surface area contributed by atoms with E-state index in [0.717, 1.165) is 5.56 Å². The fourth-order valence-corrected chi connectivity index (χ4v) is 2.96. The Morgan fingerprint density at radius 1 is 1.00 bits per heavy atom. The molecule has 0 radical (unpaired) electrons. The molecule has 3 aromatic rings. The Morgan fingerprint density at radius 3 is 2.32 bits per heavy atom. The predicted molar refractivity (Wildman–Crippen MR) is 113 cm³/mol. The van der Waals surface area contributed by atoms with E-state index >= 15 is 0 Å². The molecule has 0 heterocycles. The van der Waals surface area contributed by atoms with Gasteiger partial charge < -0.3 is 14.8 Å². The van der Waals surface area contributed by atoms with Crippen molar-refractivity contribution >= 4 is 34.8 Å². The van der Waals surface area contributed by atoms with Crippen molar-refractivity contribution in [2.75, 3.05) is 12.4 Å². The van der Waals surface area contributed by atoms with Crippen LogP contribution in [0.1, 0.15) is 21.5 Å². The molecule has 0 aliphatic rings. The summed E-state index contributed by atoms with van der Waals surface area (Å²) in [6, 6.07) is 18.0. The fourth-order valence-electron chi connectivity index (χ4n) is 2.57. The van der Waals surface area contributed by atoms with Gasteiger partial charge >= 0.3 is 0 Å². The highest BCUT2D eigenvalue weighted by molar-refractivity contribution is 6.33. The van der Waals surface area contributed by atoms with Crippen molar-refractivity contribution in [2.45, 2.75) is 13.5 Å². The lowest BCUT2D eigenvalue weighted by molar-refractivity contribution is 0.102. The number of halogens is 2. The quantitative estimate of drug-likeness (QED) is 0.525. The van der Waals surface area contributed by atoms with Crippen LogP contribution in [0.4, 0.5) is 5.69 Å². The molecule has 1 amide bonds. The van der Waals surface area contributed by atoms with Gasteiger partial charge in [-0.05, 0) is 48.9 Å². The maximum absolute atomic E-state index is 12.5. The normalized spacial score (nSPS) is 10.4. The molecule has 1 N–H and O–H groups in total. The van der Waals surface area contributed by atoms with Gasteiger partial charge in [0.25, 0.3) is 5.91 Å². The van der Waals surface area contributed by atoms with E-state index < -0.39 is 0 Å². The number of methoxy groups -OCH3 is 1. The third kappa shape index (κ3) is 4.97. The number of amides is 1. The Bertz CT molecular complexity index is 970. The van der Waals surface area contributed by atoms with E-state index in [4.69, 9.17) is 32.7 Å². The molecule has 3 aromatic carbocycles. The highest BCUT2D eigenvalue weighted by Gasteiger charge is 2.16. The van der Waals surface area contributed by atoms with Crippen LogP contribution in [-0.2, 0) is 6.61 Å². The first kappa shape index (κ1) is 20.1. The molecule has 4 nitrogen and oxygen atoms in total. The lowest BCUT2D eigenvalue weighted by Gasteiger charge is -2.14. The average molecular weight is 416 g/mol. The summed E-state index contributed by atoms with van der Waals surface area (Å²) >= 11 is 12.2. The summed E-state index contributed by atoms with van der Waals surface area (Å²) in [6.07, 6.45) is 0. The average Bonchev–Trinajstić information content (AvgIpc) is 2.69. The molecule has 6 heteroatoms. The van der Waals surface area contributed by atoms with Crippen LogP contribution in [0.25, 0.3) is 0 Å². The molecular weight excluding hydrogens is 397 g/mol. The van der Waals surface area contributed by atoms with Crippen LogP contribution in [-0.4, -0.2) is 13.0 Å². The standard InChI is InChI=1S/C22H19Cl2NO3/c1-14-3-5-15(6-4-14)13-28-21-19(24)11-16(12-20(21)27-2)22(26)25-18-9-7-17(23)8-10-18/h3-12H,13H2,1-2H3,(H,25,26). The largest absolute Gasteiger partial charge is 0.493 e. The number of aryl methyl sites for hydroxylation is 1. The van der Waals surface area contributed by atoms with Gasteiger partial charge in [0.2, 0.25) is 0 Å². The van der Waals surface area contributed by atoms with Gasteiger partial charge in [-0.3, -0.25) is 4.79 Å². The highest BCUT2D eigenvalue weighted by Crippen LogP contribution is 2.37. The first-order valence-electron chi connectivity index (χ1n) is 8.59. The molecule has 0 saturated carbocycles. The van der Waals surface area contributed by atoms with Crippen molar-refractivity contribution in [1.82, 2.24) is 0 Å². The second kappa shape index (κ2) is 9.00. The van der Waals surface area contributed by atoms with Gasteiger partial charge in [-0.15, -0.1) is 0 Å². The molecule has 0 bridgehead atoms. The van der Waals surface area contributed by atoms with Gasteiger partial charge in [-0.1, -0.05) is 53.0 Å². The van der Waals surface area contributed by atoms with Gasteiger partial charge in [0.05, 0.1) is 12.1 Å². The van der Waals surface area contributed by atoms with Crippen molar-refractivity contribution in [1.29, 1.82) is 0 Å². The number of ether oxygens (including phenoxy) is 2. The molecule has 0 fully saturated rings. The molecule has 0 saturated heterocycles. The lowest BCUT2D eigenvalue weighted by Crippen LogP contribution is -2.12. The summed E-state index contributed by atoms with van der Waals surface area (Å²) in [4.78, 5) is 12.5. The minimum atomic E-state index is -0.312. The van der Waals surface area contributed by atoms with Crippen LogP contribution in [0.15, 0.2) is 60.7 Å². The number of hydrogen-bond donors (Lipinski definition) is 1. The molecular formula is C22H19Cl2NO3. The summed E-state index contributed by atoms with van der Waals surface area (Å²) in [5.41, 5.74) is 3.17. The summed E-state index contributed by atoms with van der Waals surface area (Å²) < 4.78 is 11.2. The van der Waals surface area contributed by atoms with Crippen LogP contribution < -0.4 is 14.8 Å². The van der Waals surface area contributed by atoms with Gasteiger partial charge in [0, 0.05) is 16.3 Å². The summed E-state index contributed by atoms with van der Waals surface area (Å²) in [7, 11) is 1.51.